The maximum absolute atomic E-state index is 10.2. The van der Waals surface area contributed by atoms with E-state index in [9.17, 15) is 8.76 Å². The second kappa shape index (κ2) is 3.27. The first-order valence-corrected chi connectivity index (χ1v) is 4.20. The quantitative estimate of drug-likeness (QED) is 0.438. The Kier molecular flexibility index (Phi) is 2.56. The van der Waals surface area contributed by atoms with E-state index in [-0.39, 0.29) is 0 Å². The van der Waals surface area contributed by atoms with Crippen LogP contribution in [0.15, 0.2) is 24.3 Å². The minimum absolute atomic E-state index is 0.484. The van der Waals surface area contributed by atoms with Crippen LogP contribution in [0.1, 0.15) is 6.42 Å². The molecular formula is C6H9N2O2S-. The van der Waals surface area contributed by atoms with Crippen molar-refractivity contribution in [2.24, 2.45) is 5.73 Å². The summed E-state index contributed by atoms with van der Waals surface area (Å²) in [5, 5.41) is 0. The molecule has 0 saturated carbocycles. The zero-order chi connectivity index (χ0) is 8.32. The largest absolute Gasteiger partial charge is 0.760 e. The molecule has 11 heavy (non-hydrogen) atoms. The Balaban J connectivity index is 2.61. The third-order valence-electron chi connectivity index (χ3n) is 1.37. The Morgan fingerprint density at radius 2 is 2.36 bits per heavy atom. The molecule has 1 aliphatic rings. The van der Waals surface area contributed by atoms with Crippen molar-refractivity contribution in [3.05, 3.63) is 24.3 Å². The molecule has 2 atom stereocenters. The highest BCUT2D eigenvalue weighted by Crippen LogP contribution is 2.10. The SMILES string of the molecule is NC1(NS(=O)[O-])C=CC=CC1. The van der Waals surface area contributed by atoms with E-state index in [1.165, 1.54) is 0 Å². The summed E-state index contributed by atoms with van der Waals surface area (Å²) in [5.41, 5.74) is 4.69. The first kappa shape index (κ1) is 8.61. The van der Waals surface area contributed by atoms with Gasteiger partial charge in [0.05, 0.1) is 5.66 Å². The number of nitrogens with one attached hydrogen (secondary N) is 1. The second-order valence-corrected chi connectivity index (χ2v) is 3.04. The topological polar surface area (TPSA) is 78.2 Å². The maximum atomic E-state index is 10.2. The Labute approximate surface area is 67.6 Å². The highest BCUT2D eigenvalue weighted by atomic mass is 32.2. The van der Waals surface area contributed by atoms with Crippen LogP contribution in [-0.2, 0) is 11.3 Å². The highest BCUT2D eigenvalue weighted by molar-refractivity contribution is 7.77. The average molecular weight is 173 g/mol. The molecule has 62 valence electrons. The van der Waals surface area contributed by atoms with E-state index in [0.29, 0.717) is 6.42 Å². The molecule has 5 heteroatoms. The average Bonchev–Trinajstić information content (AvgIpc) is 1.85. The van der Waals surface area contributed by atoms with Crippen LogP contribution in [0.25, 0.3) is 0 Å². The van der Waals surface area contributed by atoms with Crippen LogP contribution in [0, 0.1) is 0 Å². The zero-order valence-corrected chi connectivity index (χ0v) is 6.64. The molecule has 0 fully saturated rings. The molecule has 1 aliphatic carbocycles. The van der Waals surface area contributed by atoms with E-state index in [4.69, 9.17) is 5.73 Å². The third kappa shape index (κ3) is 2.55. The fourth-order valence-electron chi connectivity index (χ4n) is 0.868. The van der Waals surface area contributed by atoms with E-state index in [0.717, 1.165) is 0 Å². The summed E-state index contributed by atoms with van der Waals surface area (Å²) < 4.78 is 22.7. The van der Waals surface area contributed by atoms with Crippen LogP contribution in [0.2, 0.25) is 0 Å². The molecular weight excluding hydrogens is 164 g/mol. The van der Waals surface area contributed by atoms with E-state index >= 15 is 0 Å². The first-order chi connectivity index (χ1) is 5.12. The molecule has 1 rings (SSSR count). The molecule has 0 radical (unpaired) electrons. The van der Waals surface area contributed by atoms with Crippen molar-refractivity contribution in [1.82, 2.24) is 4.72 Å². The lowest BCUT2D eigenvalue weighted by Gasteiger charge is -2.28. The molecule has 0 saturated heterocycles. The standard InChI is InChI=1S/C6H10N2O2S/c7-6(8-11(9)10)4-2-1-3-5-6/h1-4,8H,5,7H2,(H,9,10)/p-1. The molecule has 0 aromatic carbocycles. The van der Waals surface area contributed by atoms with Crippen LogP contribution in [0.4, 0.5) is 0 Å². The predicted octanol–water partition coefficient (Wildman–Crippen LogP) is -0.459. The summed E-state index contributed by atoms with van der Waals surface area (Å²) in [5.74, 6) is 0. The molecule has 0 heterocycles. The Hall–Kier alpha value is -0.490. The van der Waals surface area contributed by atoms with Gasteiger partial charge in [-0.1, -0.05) is 18.2 Å². The van der Waals surface area contributed by atoms with Crippen LogP contribution < -0.4 is 10.5 Å². The number of rotatable bonds is 2. The summed E-state index contributed by atoms with van der Waals surface area (Å²) in [6, 6.07) is 0. The van der Waals surface area contributed by atoms with Crippen molar-refractivity contribution in [2.45, 2.75) is 12.1 Å². The van der Waals surface area contributed by atoms with Gasteiger partial charge in [0.25, 0.3) is 0 Å². The molecule has 2 unspecified atom stereocenters. The fourth-order valence-corrected chi connectivity index (χ4v) is 1.33. The van der Waals surface area contributed by atoms with Gasteiger partial charge >= 0.3 is 0 Å². The Morgan fingerprint density at radius 3 is 2.82 bits per heavy atom. The molecule has 0 aliphatic heterocycles. The van der Waals surface area contributed by atoms with Crippen molar-refractivity contribution in [3.63, 3.8) is 0 Å². The molecule has 0 aromatic heterocycles. The lowest BCUT2D eigenvalue weighted by Crippen LogP contribution is -2.52. The summed E-state index contributed by atoms with van der Waals surface area (Å²) in [4.78, 5) is 0. The van der Waals surface area contributed by atoms with Gasteiger partial charge in [0, 0.05) is 17.7 Å². The van der Waals surface area contributed by atoms with Crippen molar-refractivity contribution in [2.75, 3.05) is 0 Å². The minimum atomic E-state index is -2.31. The van der Waals surface area contributed by atoms with Crippen LogP contribution >= 0.6 is 0 Å². The highest BCUT2D eigenvalue weighted by Gasteiger charge is 2.20. The van der Waals surface area contributed by atoms with Gasteiger partial charge in [0.15, 0.2) is 0 Å². The maximum Gasteiger partial charge on any atom is 0.0994 e. The summed E-state index contributed by atoms with van der Waals surface area (Å²) >= 11 is -2.31. The lowest BCUT2D eigenvalue weighted by atomic mass is 10.0. The number of allylic oxidation sites excluding steroid dienone is 2. The van der Waals surface area contributed by atoms with Crippen LogP contribution in [-0.4, -0.2) is 14.4 Å². The van der Waals surface area contributed by atoms with E-state index in [1.807, 2.05) is 6.08 Å². The van der Waals surface area contributed by atoms with Gasteiger partial charge < -0.3 is 10.3 Å². The normalized spacial score (nSPS) is 32.2. The third-order valence-corrected chi connectivity index (χ3v) is 1.92. The van der Waals surface area contributed by atoms with Crippen molar-refractivity contribution in [3.8, 4) is 0 Å². The summed E-state index contributed by atoms with van der Waals surface area (Å²) in [6.07, 6.45) is 7.43. The van der Waals surface area contributed by atoms with Crippen molar-refractivity contribution >= 4 is 11.3 Å². The Morgan fingerprint density at radius 1 is 1.64 bits per heavy atom. The molecule has 0 bridgehead atoms. The van der Waals surface area contributed by atoms with E-state index < -0.39 is 16.9 Å². The molecule has 0 amide bonds. The van der Waals surface area contributed by atoms with Crippen LogP contribution in [0.5, 0.6) is 0 Å². The Bertz CT molecular complexity index is 227. The van der Waals surface area contributed by atoms with Gasteiger partial charge in [-0.25, -0.2) is 4.72 Å². The number of hydrogen-bond acceptors (Lipinski definition) is 3. The van der Waals surface area contributed by atoms with Gasteiger partial charge in [-0.15, -0.1) is 0 Å². The van der Waals surface area contributed by atoms with Crippen molar-refractivity contribution in [1.29, 1.82) is 0 Å². The summed E-state index contributed by atoms with van der Waals surface area (Å²) in [7, 11) is 0. The molecule has 0 aromatic rings. The first-order valence-electron chi connectivity index (χ1n) is 3.13. The van der Waals surface area contributed by atoms with E-state index in [1.54, 1.807) is 18.2 Å². The minimum Gasteiger partial charge on any atom is -0.760 e. The summed E-state index contributed by atoms with van der Waals surface area (Å²) in [6.45, 7) is 0. The molecule has 3 N–H and O–H groups in total. The molecule has 4 nitrogen and oxygen atoms in total. The van der Waals surface area contributed by atoms with Gasteiger partial charge in [0.2, 0.25) is 0 Å². The van der Waals surface area contributed by atoms with Gasteiger partial charge in [0.1, 0.15) is 0 Å². The lowest BCUT2D eigenvalue weighted by molar-refractivity contribution is 0.456. The second-order valence-electron chi connectivity index (χ2n) is 2.37. The van der Waals surface area contributed by atoms with Gasteiger partial charge in [-0.3, -0.25) is 4.21 Å². The van der Waals surface area contributed by atoms with Gasteiger partial charge in [-0.05, 0) is 6.08 Å². The molecule has 0 spiro atoms. The van der Waals surface area contributed by atoms with Crippen LogP contribution in [0.3, 0.4) is 0 Å². The predicted molar refractivity (Wildman–Crippen MR) is 41.9 cm³/mol. The number of nitrogens with two attached hydrogens (primary N) is 1. The smallest absolute Gasteiger partial charge is 0.0994 e. The van der Waals surface area contributed by atoms with E-state index in [2.05, 4.69) is 4.72 Å². The fraction of sp³-hybridized carbons (Fsp3) is 0.333. The number of hydrogen-bond donors (Lipinski definition) is 2. The van der Waals surface area contributed by atoms with Crippen molar-refractivity contribution < 1.29 is 8.76 Å². The zero-order valence-electron chi connectivity index (χ0n) is 5.82. The van der Waals surface area contributed by atoms with Gasteiger partial charge in [-0.2, -0.15) is 0 Å². The monoisotopic (exact) mass is 173 g/mol.